The van der Waals surface area contributed by atoms with Crippen LogP contribution in [0, 0.1) is 5.92 Å². The zero-order valence-corrected chi connectivity index (χ0v) is 16.2. The van der Waals surface area contributed by atoms with Gasteiger partial charge in [0.1, 0.15) is 0 Å². The minimum Gasteiger partial charge on any atom is -0.356 e. The molecule has 1 saturated heterocycles. The van der Waals surface area contributed by atoms with Crippen LogP contribution in [-0.4, -0.2) is 52.8 Å². The van der Waals surface area contributed by atoms with Crippen molar-refractivity contribution in [3.05, 3.63) is 18.0 Å². The highest BCUT2D eigenvalue weighted by Crippen LogP contribution is 2.21. The molecule has 1 aliphatic rings. The number of rotatable bonds is 4. The lowest BCUT2D eigenvalue weighted by atomic mass is 10.0. The molecule has 1 aromatic heterocycles. The molecule has 1 aliphatic heterocycles. The Kier molecular flexibility index (Phi) is 8.46. The third kappa shape index (κ3) is 6.06. The average Bonchev–Trinajstić information content (AvgIpc) is 2.86. The van der Waals surface area contributed by atoms with Crippen LogP contribution in [0.2, 0.25) is 0 Å². The molecule has 0 saturated carbocycles. The Labute approximate surface area is 149 Å². The van der Waals surface area contributed by atoms with Crippen molar-refractivity contribution in [2.75, 3.05) is 32.1 Å². The molecule has 1 N–H and O–H groups in total. The molecule has 120 valence electrons. The molecule has 2 heterocycles. The third-order valence-electron chi connectivity index (χ3n) is 3.64. The minimum absolute atomic E-state index is 0. The summed E-state index contributed by atoms with van der Waals surface area (Å²) in [4.78, 5) is 6.52. The fraction of sp³-hybridized carbons (Fsp3) is 0.714. The average molecular weight is 423 g/mol. The number of aliphatic imine (C=N–C) groups is 1. The predicted molar refractivity (Wildman–Crippen MR) is 102 cm³/mol. The number of halogens is 1. The van der Waals surface area contributed by atoms with Gasteiger partial charge < -0.3 is 10.2 Å². The SMILES string of the molecule is CN=C(NCC1CCSCC1)N(C)Cc1cnn(C)c1.I. The molecule has 1 fully saturated rings. The van der Waals surface area contributed by atoms with Crippen LogP contribution in [0.4, 0.5) is 0 Å². The molecule has 0 atom stereocenters. The normalized spacial score (nSPS) is 16.4. The van der Waals surface area contributed by atoms with Gasteiger partial charge >= 0.3 is 0 Å². The molecule has 0 unspecified atom stereocenters. The van der Waals surface area contributed by atoms with Crippen molar-refractivity contribution >= 4 is 41.7 Å². The van der Waals surface area contributed by atoms with Gasteiger partial charge in [0.2, 0.25) is 0 Å². The molecular formula is C14H26IN5S. The number of hydrogen-bond acceptors (Lipinski definition) is 3. The molecular weight excluding hydrogens is 397 g/mol. The maximum absolute atomic E-state index is 4.37. The summed E-state index contributed by atoms with van der Waals surface area (Å²) in [6, 6.07) is 0. The first-order valence-corrected chi connectivity index (χ1v) is 8.31. The lowest BCUT2D eigenvalue weighted by Crippen LogP contribution is -2.41. The van der Waals surface area contributed by atoms with Gasteiger partial charge in [-0.3, -0.25) is 9.67 Å². The van der Waals surface area contributed by atoms with Gasteiger partial charge in [-0.25, -0.2) is 0 Å². The highest BCUT2D eigenvalue weighted by atomic mass is 127. The van der Waals surface area contributed by atoms with Gasteiger partial charge in [-0.1, -0.05) is 0 Å². The molecule has 21 heavy (non-hydrogen) atoms. The number of aromatic nitrogens is 2. The summed E-state index contributed by atoms with van der Waals surface area (Å²) in [7, 11) is 5.86. The summed E-state index contributed by atoms with van der Waals surface area (Å²) in [6.07, 6.45) is 6.59. The Morgan fingerprint density at radius 2 is 2.24 bits per heavy atom. The van der Waals surface area contributed by atoms with Crippen LogP contribution < -0.4 is 5.32 Å². The Bertz CT molecular complexity index is 442. The van der Waals surface area contributed by atoms with Crippen LogP contribution in [0.5, 0.6) is 0 Å². The number of hydrogen-bond donors (Lipinski definition) is 1. The largest absolute Gasteiger partial charge is 0.356 e. The Morgan fingerprint density at radius 1 is 1.52 bits per heavy atom. The van der Waals surface area contributed by atoms with Gasteiger partial charge in [-0.2, -0.15) is 16.9 Å². The van der Waals surface area contributed by atoms with Gasteiger partial charge in [0.05, 0.1) is 6.20 Å². The van der Waals surface area contributed by atoms with Crippen molar-refractivity contribution in [1.82, 2.24) is 20.0 Å². The van der Waals surface area contributed by atoms with E-state index in [-0.39, 0.29) is 24.0 Å². The Balaban J connectivity index is 0.00000220. The second-order valence-corrected chi connectivity index (χ2v) is 6.59. The van der Waals surface area contributed by atoms with Crippen molar-refractivity contribution < 1.29 is 0 Å². The lowest BCUT2D eigenvalue weighted by Gasteiger charge is -2.26. The number of nitrogens with zero attached hydrogens (tertiary/aromatic N) is 4. The van der Waals surface area contributed by atoms with E-state index in [4.69, 9.17) is 0 Å². The summed E-state index contributed by atoms with van der Waals surface area (Å²) in [6.45, 7) is 1.86. The molecule has 7 heteroatoms. The van der Waals surface area contributed by atoms with Crippen molar-refractivity contribution in [3.63, 3.8) is 0 Å². The molecule has 0 bridgehead atoms. The topological polar surface area (TPSA) is 45.5 Å². The molecule has 0 amide bonds. The molecule has 2 rings (SSSR count). The van der Waals surface area contributed by atoms with Crippen LogP contribution in [-0.2, 0) is 13.6 Å². The smallest absolute Gasteiger partial charge is 0.193 e. The summed E-state index contributed by atoms with van der Waals surface area (Å²) in [5.41, 5.74) is 1.20. The zero-order valence-electron chi connectivity index (χ0n) is 13.1. The van der Waals surface area contributed by atoms with Gasteiger partial charge in [-0.05, 0) is 30.3 Å². The van der Waals surface area contributed by atoms with E-state index in [0.29, 0.717) is 0 Å². The second kappa shape index (κ2) is 9.55. The Hall–Kier alpha value is -0.440. The summed E-state index contributed by atoms with van der Waals surface area (Å²) >= 11 is 2.07. The van der Waals surface area contributed by atoms with Gasteiger partial charge in [0.15, 0.2) is 5.96 Å². The summed E-state index contributed by atoms with van der Waals surface area (Å²) in [5, 5.41) is 7.71. The lowest BCUT2D eigenvalue weighted by molar-refractivity contribution is 0.439. The summed E-state index contributed by atoms with van der Waals surface area (Å²) in [5.74, 6) is 4.36. The van der Waals surface area contributed by atoms with Gasteiger partial charge in [0, 0.05) is 46.0 Å². The van der Waals surface area contributed by atoms with E-state index in [1.54, 1.807) is 0 Å². The van der Waals surface area contributed by atoms with Crippen molar-refractivity contribution in [1.29, 1.82) is 0 Å². The summed E-state index contributed by atoms with van der Waals surface area (Å²) < 4.78 is 1.83. The number of guanidine groups is 1. The molecule has 0 radical (unpaired) electrons. The van der Waals surface area contributed by atoms with E-state index < -0.39 is 0 Å². The van der Waals surface area contributed by atoms with Crippen molar-refractivity contribution in [2.45, 2.75) is 19.4 Å². The van der Waals surface area contributed by atoms with Crippen molar-refractivity contribution in [3.8, 4) is 0 Å². The number of thioether (sulfide) groups is 1. The Morgan fingerprint density at radius 3 is 2.81 bits per heavy atom. The highest BCUT2D eigenvalue weighted by Gasteiger charge is 2.15. The third-order valence-corrected chi connectivity index (χ3v) is 4.69. The molecule has 0 aliphatic carbocycles. The monoisotopic (exact) mass is 423 g/mol. The van der Waals surface area contributed by atoms with E-state index in [1.807, 2.05) is 31.2 Å². The van der Waals surface area contributed by atoms with Crippen LogP contribution in [0.1, 0.15) is 18.4 Å². The maximum Gasteiger partial charge on any atom is 0.193 e. The fourth-order valence-electron chi connectivity index (χ4n) is 2.47. The molecule has 1 aromatic rings. The minimum atomic E-state index is 0. The molecule has 5 nitrogen and oxygen atoms in total. The maximum atomic E-state index is 4.37. The first kappa shape index (κ1) is 18.6. The first-order valence-electron chi connectivity index (χ1n) is 7.16. The number of nitrogens with one attached hydrogen (secondary N) is 1. The van der Waals surface area contributed by atoms with Crippen LogP contribution >= 0.6 is 35.7 Å². The van der Waals surface area contributed by atoms with E-state index in [0.717, 1.165) is 25.0 Å². The van der Waals surface area contributed by atoms with Crippen LogP contribution in [0.15, 0.2) is 17.4 Å². The van der Waals surface area contributed by atoms with E-state index >= 15 is 0 Å². The van der Waals surface area contributed by atoms with E-state index in [9.17, 15) is 0 Å². The molecule has 0 spiro atoms. The predicted octanol–water partition coefficient (Wildman–Crippen LogP) is 2.19. The second-order valence-electron chi connectivity index (χ2n) is 5.36. The van der Waals surface area contributed by atoms with Gasteiger partial charge in [-0.15, -0.1) is 24.0 Å². The first-order chi connectivity index (χ1) is 9.69. The quantitative estimate of drug-likeness (QED) is 0.458. The fourth-order valence-corrected chi connectivity index (χ4v) is 3.68. The van der Waals surface area contributed by atoms with E-state index in [1.165, 1.54) is 29.9 Å². The van der Waals surface area contributed by atoms with Crippen molar-refractivity contribution in [2.24, 2.45) is 18.0 Å². The zero-order chi connectivity index (χ0) is 14.4. The highest BCUT2D eigenvalue weighted by molar-refractivity contribution is 14.0. The number of aryl methyl sites for hydroxylation is 1. The van der Waals surface area contributed by atoms with E-state index in [2.05, 4.69) is 39.1 Å². The van der Waals surface area contributed by atoms with Gasteiger partial charge in [0.25, 0.3) is 0 Å². The molecule has 0 aromatic carbocycles. The van der Waals surface area contributed by atoms with Crippen LogP contribution in [0.25, 0.3) is 0 Å². The standard InChI is InChI=1S/C14H25N5S.HI/c1-15-14(16-8-12-4-6-20-7-5-12)18(2)10-13-9-17-19(3)11-13;/h9,11-12H,4-8,10H2,1-3H3,(H,15,16);1H. The van der Waals surface area contributed by atoms with Crippen LogP contribution in [0.3, 0.4) is 0 Å².